The van der Waals surface area contributed by atoms with E-state index in [1.54, 1.807) is 0 Å². The van der Waals surface area contributed by atoms with E-state index in [9.17, 15) is 31.2 Å². The summed E-state index contributed by atoms with van der Waals surface area (Å²) in [5.41, 5.74) is -0.634. The van der Waals surface area contributed by atoms with Crippen molar-refractivity contribution < 1.29 is 36.3 Å². The molecule has 0 aliphatic carbocycles. The van der Waals surface area contributed by atoms with Crippen molar-refractivity contribution in [3.05, 3.63) is 35.4 Å². The van der Waals surface area contributed by atoms with E-state index < -0.39 is 45.2 Å². The standard InChI is InChI=1S/C14H16F3NO5S/c1-9(24(2,22)23)13(21)18(8-12(19)20)7-10-3-5-11(6-4-10)14(15,16)17/h3-6,9H,7-8H2,1-2H3,(H,19,20). The number of carboxylic acids is 1. The number of hydrogen-bond acceptors (Lipinski definition) is 4. The largest absolute Gasteiger partial charge is 0.480 e. The zero-order valence-electron chi connectivity index (χ0n) is 12.9. The molecule has 1 aromatic carbocycles. The molecule has 1 amide bonds. The lowest BCUT2D eigenvalue weighted by Crippen LogP contribution is -2.43. The summed E-state index contributed by atoms with van der Waals surface area (Å²) in [6.07, 6.45) is -3.67. The summed E-state index contributed by atoms with van der Waals surface area (Å²) in [6, 6.07) is 3.82. The molecule has 0 spiro atoms. The molecule has 0 saturated carbocycles. The Kier molecular flexibility index (Phi) is 5.99. The average molecular weight is 367 g/mol. The molecule has 1 aromatic rings. The molecule has 1 unspecified atom stereocenters. The number of rotatable bonds is 6. The lowest BCUT2D eigenvalue weighted by Gasteiger charge is -2.23. The lowest BCUT2D eigenvalue weighted by molar-refractivity contribution is -0.144. The molecule has 0 aliphatic rings. The van der Waals surface area contributed by atoms with E-state index in [1.807, 2.05) is 0 Å². The second-order valence-electron chi connectivity index (χ2n) is 5.25. The van der Waals surface area contributed by atoms with E-state index in [0.717, 1.165) is 42.3 Å². The third-order valence-electron chi connectivity index (χ3n) is 3.28. The van der Waals surface area contributed by atoms with Gasteiger partial charge in [-0.1, -0.05) is 12.1 Å². The van der Waals surface area contributed by atoms with Crippen LogP contribution in [-0.2, 0) is 32.1 Å². The van der Waals surface area contributed by atoms with Crippen LogP contribution >= 0.6 is 0 Å². The summed E-state index contributed by atoms with van der Waals surface area (Å²) in [5, 5.41) is 7.40. The van der Waals surface area contributed by atoms with Crippen molar-refractivity contribution in [2.45, 2.75) is 24.9 Å². The van der Waals surface area contributed by atoms with E-state index in [-0.39, 0.29) is 12.1 Å². The van der Waals surface area contributed by atoms with E-state index in [0.29, 0.717) is 0 Å². The zero-order valence-corrected chi connectivity index (χ0v) is 13.7. The number of benzene rings is 1. The third-order valence-corrected chi connectivity index (χ3v) is 4.77. The zero-order chi connectivity index (χ0) is 18.7. The molecule has 0 fully saturated rings. The first-order chi connectivity index (χ1) is 10.8. The van der Waals surface area contributed by atoms with E-state index in [2.05, 4.69) is 0 Å². The Morgan fingerprint density at radius 1 is 1.21 bits per heavy atom. The monoisotopic (exact) mass is 367 g/mol. The van der Waals surface area contributed by atoms with Gasteiger partial charge in [0.15, 0.2) is 9.84 Å². The second kappa shape index (κ2) is 7.20. The van der Waals surface area contributed by atoms with Gasteiger partial charge in [0.05, 0.1) is 5.56 Å². The minimum atomic E-state index is -4.51. The lowest BCUT2D eigenvalue weighted by atomic mass is 10.1. The smallest absolute Gasteiger partial charge is 0.416 e. The number of alkyl halides is 3. The van der Waals surface area contributed by atoms with Crippen molar-refractivity contribution in [1.29, 1.82) is 0 Å². The predicted octanol–water partition coefficient (Wildman–Crippen LogP) is 1.55. The van der Waals surface area contributed by atoms with E-state index in [4.69, 9.17) is 5.11 Å². The summed E-state index contributed by atoms with van der Waals surface area (Å²) >= 11 is 0. The van der Waals surface area contributed by atoms with Gasteiger partial charge in [-0.25, -0.2) is 8.42 Å². The fourth-order valence-corrected chi connectivity index (χ4v) is 2.35. The minimum Gasteiger partial charge on any atom is -0.480 e. The van der Waals surface area contributed by atoms with Crippen LogP contribution in [-0.4, -0.2) is 48.4 Å². The minimum absolute atomic E-state index is 0.248. The molecule has 6 nitrogen and oxygen atoms in total. The molecule has 0 bridgehead atoms. The van der Waals surface area contributed by atoms with Crippen LogP contribution in [0, 0.1) is 0 Å². The first-order valence-corrected chi connectivity index (χ1v) is 8.63. The molecule has 1 rings (SSSR count). The highest BCUT2D eigenvalue weighted by molar-refractivity contribution is 7.92. The Bertz CT molecular complexity index is 713. The number of amides is 1. The molecule has 1 atom stereocenters. The molecular weight excluding hydrogens is 351 g/mol. The van der Waals surface area contributed by atoms with Crippen molar-refractivity contribution in [3.8, 4) is 0 Å². The molecule has 1 N–H and O–H groups in total. The number of carbonyl (C=O) groups excluding carboxylic acids is 1. The van der Waals surface area contributed by atoms with Gasteiger partial charge in [0.2, 0.25) is 5.91 Å². The predicted molar refractivity (Wildman–Crippen MR) is 78.8 cm³/mol. The Hall–Kier alpha value is -2.10. The van der Waals surface area contributed by atoms with Gasteiger partial charge in [-0.15, -0.1) is 0 Å². The van der Waals surface area contributed by atoms with Crippen LogP contribution in [0.1, 0.15) is 18.1 Å². The Labute approximate surface area is 136 Å². The van der Waals surface area contributed by atoms with E-state index >= 15 is 0 Å². The van der Waals surface area contributed by atoms with Gasteiger partial charge in [-0.05, 0) is 24.6 Å². The van der Waals surface area contributed by atoms with Crippen LogP contribution in [0.15, 0.2) is 24.3 Å². The molecule has 0 saturated heterocycles. The van der Waals surface area contributed by atoms with Gasteiger partial charge in [0.1, 0.15) is 11.8 Å². The molecule has 10 heteroatoms. The Morgan fingerprint density at radius 3 is 2.08 bits per heavy atom. The normalized spacial score (nSPS) is 13.4. The summed E-state index contributed by atoms with van der Waals surface area (Å²) in [4.78, 5) is 23.8. The number of halogens is 3. The number of sulfone groups is 1. The molecule has 24 heavy (non-hydrogen) atoms. The first kappa shape index (κ1) is 19.9. The number of carboxylic acid groups (broad SMARTS) is 1. The number of nitrogens with zero attached hydrogens (tertiary/aromatic N) is 1. The number of aliphatic carboxylic acids is 1. The fraction of sp³-hybridized carbons (Fsp3) is 0.429. The molecular formula is C14H16F3NO5S. The van der Waals surface area contributed by atoms with Crippen LogP contribution in [0.2, 0.25) is 0 Å². The Balaban J connectivity index is 3.02. The van der Waals surface area contributed by atoms with Crippen LogP contribution in [0.3, 0.4) is 0 Å². The number of carbonyl (C=O) groups is 2. The highest BCUT2D eigenvalue weighted by Gasteiger charge is 2.31. The average Bonchev–Trinajstić information content (AvgIpc) is 2.43. The van der Waals surface area contributed by atoms with Gasteiger partial charge in [0.25, 0.3) is 0 Å². The maximum atomic E-state index is 12.5. The van der Waals surface area contributed by atoms with Crippen molar-refractivity contribution in [2.75, 3.05) is 12.8 Å². The molecule has 0 aromatic heterocycles. The first-order valence-electron chi connectivity index (χ1n) is 6.68. The van der Waals surface area contributed by atoms with E-state index in [1.165, 1.54) is 0 Å². The van der Waals surface area contributed by atoms with Crippen molar-refractivity contribution >= 4 is 21.7 Å². The summed E-state index contributed by atoms with van der Waals surface area (Å²) in [6.45, 7) is 0.0438. The molecule has 0 radical (unpaired) electrons. The fourth-order valence-electron chi connectivity index (χ4n) is 1.83. The third kappa shape index (κ3) is 5.52. The second-order valence-corrected chi connectivity index (χ2v) is 7.62. The van der Waals surface area contributed by atoms with Crippen LogP contribution in [0.25, 0.3) is 0 Å². The topological polar surface area (TPSA) is 91.8 Å². The van der Waals surface area contributed by atoms with Crippen LogP contribution in [0.4, 0.5) is 13.2 Å². The number of hydrogen-bond donors (Lipinski definition) is 1. The van der Waals surface area contributed by atoms with Crippen LogP contribution in [0.5, 0.6) is 0 Å². The van der Waals surface area contributed by atoms with Crippen molar-refractivity contribution in [3.63, 3.8) is 0 Å². The van der Waals surface area contributed by atoms with Gasteiger partial charge < -0.3 is 10.0 Å². The van der Waals surface area contributed by atoms with Crippen molar-refractivity contribution in [2.24, 2.45) is 0 Å². The maximum Gasteiger partial charge on any atom is 0.416 e. The Morgan fingerprint density at radius 2 is 1.71 bits per heavy atom. The highest BCUT2D eigenvalue weighted by Crippen LogP contribution is 2.29. The van der Waals surface area contributed by atoms with Crippen molar-refractivity contribution in [1.82, 2.24) is 4.90 Å². The van der Waals surface area contributed by atoms with Gasteiger partial charge in [-0.3, -0.25) is 9.59 Å². The molecule has 134 valence electrons. The van der Waals surface area contributed by atoms with Gasteiger partial charge in [-0.2, -0.15) is 13.2 Å². The molecule has 0 aliphatic heterocycles. The summed E-state index contributed by atoms with van der Waals surface area (Å²) in [5.74, 6) is -2.30. The molecule has 0 heterocycles. The summed E-state index contributed by atoms with van der Waals surface area (Å²) < 4.78 is 60.4. The van der Waals surface area contributed by atoms with Gasteiger partial charge in [0, 0.05) is 12.8 Å². The highest BCUT2D eigenvalue weighted by atomic mass is 32.2. The van der Waals surface area contributed by atoms with Gasteiger partial charge >= 0.3 is 12.1 Å². The maximum absolute atomic E-state index is 12.5. The summed E-state index contributed by atoms with van der Waals surface area (Å²) in [7, 11) is -3.73. The van der Waals surface area contributed by atoms with Crippen LogP contribution < -0.4 is 0 Å². The quantitative estimate of drug-likeness (QED) is 0.824. The SMILES string of the molecule is CC(C(=O)N(CC(=O)O)Cc1ccc(C(F)(F)F)cc1)S(C)(=O)=O.